The van der Waals surface area contributed by atoms with Crippen molar-refractivity contribution in [1.29, 1.82) is 0 Å². The lowest BCUT2D eigenvalue weighted by molar-refractivity contribution is 0.0782. The minimum Gasteiger partial charge on any atom is -0.460 e. The molecular weight excluding hydrogens is 254 g/mol. The van der Waals surface area contributed by atoms with E-state index in [1.54, 1.807) is 17.8 Å². The minimum absolute atomic E-state index is 0.0132. The van der Waals surface area contributed by atoms with Crippen LogP contribution in [-0.4, -0.2) is 49.6 Å². The van der Waals surface area contributed by atoms with Crippen molar-refractivity contribution in [2.45, 2.75) is 6.42 Å². The maximum Gasteiger partial charge on any atom is 0.257 e. The molecule has 1 N–H and O–H groups in total. The van der Waals surface area contributed by atoms with Gasteiger partial charge < -0.3 is 9.32 Å². The van der Waals surface area contributed by atoms with Crippen LogP contribution in [0.5, 0.6) is 0 Å². The van der Waals surface area contributed by atoms with Crippen LogP contribution in [0.4, 0.5) is 0 Å². The normalized spacial score (nSPS) is 15.9. The van der Waals surface area contributed by atoms with E-state index in [2.05, 4.69) is 20.6 Å². The third-order valence-electron chi connectivity index (χ3n) is 2.66. The van der Waals surface area contributed by atoms with E-state index in [0.717, 1.165) is 24.6 Å². The van der Waals surface area contributed by atoms with E-state index >= 15 is 0 Å². The topological polar surface area (TPSA) is 87.9 Å². The number of carbonyl (C=O) groups is 1. The fourth-order valence-electron chi connectivity index (χ4n) is 1.77. The number of furan rings is 1. The fraction of sp³-hybridized carbons (Fsp3) is 0.400. The number of hydrogen-bond acceptors (Lipinski definition) is 6. The summed E-state index contributed by atoms with van der Waals surface area (Å²) in [5.74, 6) is 2.63. The van der Waals surface area contributed by atoms with Gasteiger partial charge in [0.05, 0.1) is 11.4 Å². The van der Waals surface area contributed by atoms with Crippen molar-refractivity contribution in [2.75, 3.05) is 18.2 Å². The molecule has 3 rings (SSSR count). The molecule has 0 atom stereocenters. The summed E-state index contributed by atoms with van der Waals surface area (Å²) >= 11 is 1.77. The summed E-state index contributed by atoms with van der Waals surface area (Å²) in [7, 11) is 0. The zero-order chi connectivity index (χ0) is 12.4. The molecule has 1 aliphatic rings. The van der Waals surface area contributed by atoms with E-state index in [1.807, 2.05) is 4.90 Å². The van der Waals surface area contributed by atoms with Crippen LogP contribution in [0.3, 0.4) is 0 Å². The summed E-state index contributed by atoms with van der Waals surface area (Å²) in [6, 6.07) is 1.65. The number of rotatable bonds is 2. The SMILES string of the molecule is O=C(c1coc(-c2nn[nH]n2)c1)N1CCCSC1. The van der Waals surface area contributed by atoms with Crippen molar-refractivity contribution in [3.05, 3.63) is 17.9 Å². The average molecular weight is 265 g/mol. The van der Waals surface area contributed by atoms with Crippen molar-refractivity contribution in [3.8, 4) is 11.6 Å². The van der Waals surface area contributed by atoms with E-state index in [1.165, 1.54) is 6.26 Å². The number of hydrogen-bond donors (Lipinski definition) is 1. The monoisotopic (exact) mass is 265 g/mol. The van der Waals surface area contributed by atoms with E-state index in [-0.39, 0.29) is 5.91 Å². The van der Waals surface area contributed by atoms with Crippen LogP contribution in [0.25, 0.3) is 11.6 Å². The van der Waals surface area contributed by atoms with Crippen molar-refractivity contribution < 1.29 is 9.21 Å². The van der Waals surface area contributed by atoms with Crippen molar-refractivity contribution in [3.63, 3.8) is 0 Å². The summed E-state index contributed by atoms with van der Waals surface area (Å²) in [6.45, 7) is 0.800. The zero-order valence-corrected chi connectivity index (χ0v) is 10.3. The Bertz CT molecular complexity index is 532. The van der Waals surface area contributed by atoms with Gasteiger partial charge >= 0.3 is 0 Å². The van der Waals surface area contributed by atoms with Gasteiger partial charge in [0.1, 0.15) is 6.26 Å². The fourth-order valence-corrected chi connectivity index (χ4v) is 2.70. The first-order valence-electron chi connectivity index (χ1n) is 5.54. The van der Waals surface area contributed by atoms with E-state index in [9.17, 15) is 4.79 Å². The molecule has 8 heteroatoms. The second-order valence-electron chi connectivity index (χ2n) is 3.89. The molecule has 1 amide bonds. The van der Waals surface area contributed by atoms with Gasteiger partial charge in [-0.15, -0.1) is 22.0 Å². The summed E-state index contributed by atoms with van der Waals surface area (Å²) in [6.07, 6.45) is 2.47. The lowest BCUT2D eigenvalue weighted by Gasteiger charge is -2.25. The Labute approximate surface area is 107 Å². The summed E-state index contributed by atoms with van der Waals surface area (Å²) in [5, 5.41) is 13.4. The Morgan fingerprint density at radius 3 is 3.22 bits per heavy atom. The number of aromatic nitrogens is 4. The van der Waals surface area contributed by atoms with Crippen LogP contribution in [0.2, 0.25) is 0 Å². The number of nitrogens with one attached hydrogen (secondary N) is 1. The Morgan fingerprint density at radius 1 is 1.56 bits per heavy atom. The first-order chi connectivity index (χ1) is 8.84. The molecule has 94 valence electrons. The Kier molecular flexibility index (Phi) is 3.01. The van der Waals surface area contributed by atoms with Gasteiger partial charge in [-0.3, -0.25) is 4.79 Å². The number of nitrogens with zero attached hydrogens (tertiary/aromatic N) is 4. The number of aromatic amines is 1. The van der Waals surface area contributed by atoms with Gasteiger partial charge in [0, 0.05) is 12.6 Å². The molecule has 1 aliphatic heterocycles. The Hall–Kier alpha value is -1.83. The van der Waals surface area contributed by atoms with Gasteiger partial charge in [-0.1, -0.05) is 0 Å². The molecule has 18 heavy (non-hydrogen) atoms. The second-order valence-corrected chi connectivity index (χ2v) is 4.97. The molecule has 7 nitrogen and oxygen atoms in total. The predicted molar refractivity (Wildman–Crippen MR) is 64.9 cm³/mol. The van der Waals surface area contributed by atoms with Gasteiger partial charge in [-0.25, -0.2) is 0 Å². The van der Waals surface area contributed by atoms with Gasteiger partial charge in [0.15, 0.2) is 5.76 Å². The largest absolute Gasteiger partial charge is 0.460 e. The third kappa shape index (κ3) is 2.10. The van der Waals surface area contributed by atoms with Crippen LogP contribution in [0.15, 0.2) is 16.7 Å². The van der Waals surface area contributed by atoms with Crippen molar-refractivity contribution in [2.24, 2.45) is 0 Å². The molecule has 3 heterocycles. The van der Waals surface area contributed by atoms with Gasteiger partial charge in [0.2, 0.25) is 5.82 Å². The van der Waals surface area contributed by atoms with E-state index < -0.39 is 0 Å². The van der Waals surface area contributed by atoms with Crippen LogP contribution < -0.4 is 0 Å². The highest BCUT2D eigenvalue weighted by atomic mass is 32.2. The zero-order valence-electron chi connectivity index (χ0n) is 9.50. The molecule has 0 spiro atoms. The van der Waals surface area contributed by atoms with Crippen molar-refractivity contribution in [1.82, 2.24) is 25.5 Å². The van der Waals surface area contributed by atoms with Crippen LogP contribution in [-0.2, 0) is 0 Å². The molecule has 0 radical (unpaired) electrons. The maximum atomic E-state index is 12.2. The number of thioether (sulfide) groups is 1. The van der Waals surface area contributed by atoms with Crippen LogP contribution in [0.1, 0.15) is 16.8 Å². The molecule has 2 aromatic rings. The highest BCUT2D eigenvalue weighted by molar-refractivity contribution is 7.99. The molecule has 1 saturated heterocycles. The molecule has 0 aromatic carbocycles. The number of carbonyl (C=O) groups excluding carboxylic acids is 1. The lowest BCUT2D eigenvalue weighted by Crippen LogP contribution is -2.34. The second kappa shape index (κ2) is 4.81. The average Bonchev–Trinajstić information content (AvgIpc) is 3.09. The third-order valence-corrected chi connectivity index (χ3v) is 3.73. The summed E-state index contributed by atoms with van der Waals surface area (Å²) in [5.41, 5.74) is 0.525. The number of amides is 1. The van der Waals surface area contributed by atoms with Gasteiger partial charge in [-0.05, 0) is 17.4 Å². The molecule has 0 unspecified atom stereocenters. The van der Waals surface area contributed by atoms with E-state index in [4.69, 9.17) is 4.42 Å². The number of H-pyrrole nitrogens is 1. The maximum absolute atomic E-state index is 12.2. The first-order valence-corrected chi connectivity index (χ1v) is 6.69. The predicted octanol–water partition coefficient (Wildman–Crippen LogP) is 0.996. The lowest BCUT2D eigenvalue weighted by atomic mass is 10.2. The minimum atomic E-state index is -0.0132. The molecule has 0 saturated carbocycles. The molecule has 1 fully saturated rings. The Balaban J connectivity index is 1.78. The highest BCUT2D eigenvalue weighted by Gasteiger charge is 2.21. The summed E-state index contributed by atoms with van der Waals surface area (Å²) in [4.78, 5) is 14.0. The first kappa shape index (κ1) is 11.3. The molecule has 2 aromatic heterocycles. The van der Waals surface area contributed by atoms with Crippen LogP contribution in [0, 0.1) is 0 Å². The molecule has 0 aliphatic carbocycles. The quantitative estimate of drug-likeness (QED) is 0.871. The molecule has 0 bridgehead atoms. The smallest absolute Gasteiger partial charge is 0.257 e. The van der Waals surface area contributed by atoms with Gasteiger partial charge in [0.25, 0.3) is 5.91 Å². The van der Waals surface area contributed by atoms with Crippen molar-refractivity contribution >= 4 is 17.7 Å². The standard InChI is InChI=1S/C10H11N5O2S/c16-10(15-2-1-3-18-6-15)7-4-8(17-5-7)9-11-13-14-12-9/h4-5H,1-3,6H2,(H,11,12,13,14). The summed E-state index contributed by atoms with van der Waals surface area (Å²) < 4.78 is 5.28. The van der Waals surface area contributed by atoms with Crippen LogP contribution >= 0.6 is 11.8 Å². The number of tetrazole rings is 1. The molecular formula is C10H11N5O2S. The van der Waals surface area contributed by atoms with Gasteiger partial charge in [-0.2, -0.15) is 5.21 Å². The Morgan fingerprint density at radius 2 is 2.50 bits per heavy atom. The van der Waals surface area contributed by atoms with E-state index in [0.29, 0.717) is 17.1 Å². The highest BCUT2D eigenvalue weighted by Crippen LogP contribution is 2.21.